The molecule has 1 amide bonds. The third-order valence-electron chi connectivity index (χ3n) is 6.07. The summed E-state index contributed by atoms with van der Waals surface area (Å²) >= 11 is 0. The van der Waals surface area contributed by atoms with Gasteiger partial charge in [0.05, 0.1) is 18.8 Å². The number of ether oxygens (including phenoxy) is 1. The van der Waals surface area contributed by atoms with Gasteiger partial charge in [-0.15, -0.1) is 10.2 Å². The van der Waals surface area contributed by atoms with Crippen molar-refractivity contribution in [3.63, 3.8) is 0 Å². The van der Waals surface area contributed by atoms with Crippen molar-refractivity contribution in [3.05, 3.63) is 53.3 Å². The average Bonchev–Trinajstić information content (AvgIpc) is 3.29. The van der Waals surface area contributed by atoms with Crippen LogP contribution in [0.2, 0.25) is 0 Å². The molecule has 4 N–H and O–H groups in total. The summed E-state index contributed by atoms with van der Waals surface area (Å²) in [4.78, 5) is 15.1. The van der Waals surface area contributed by atoms with Gasteiger partial charge in [0.1, 0.15) is 18.0 Å². The molecule has 10 nitrogen and oxygen atoms in total. The number of carbonyl (C=O) groups is 1. The van der Waals surface area contributed by atoms with Gasteiger partial charge < -0.3 is 14.9 Å². The number of rotatable bonds is 8. The van der Waals surface area contributed by atoms with E-state index in [2.05, 4.69) is 15.1 Å². The van der Waals surface area contributed by atoms with Gasteiger partial charge in [0.25, 0.3) is 0 Å². The number of hydrogen-bond donors (Lipinski definition) is 4. The molecular formula is C25H29F3N6O4. The van der Waals surface area contributed by atoms with Gasteiger partial charge in [-0.3, -0.25) is 19.7 Å². The van der Waals surface area contributed by atoms with Gasteiger partial charge in [-0.1, -0.05) is 26.0 Å². The lowest BCUT2D eigenvalue weighted by atomic mass is 9.98. The molecule has 204 valence electrons. The summed E-state index contributed by atoms with van der Waals surface area (Å²) in [5.74, 6) is -1.67. The number of benzene rings is 2. The van der Waals surface area contributed by atoms with Crippen molar-refractivity contribution in [3.8, 4) is 28.6 Å². The molecule has 1 aliphatic heterocycles. The van der Waals surface area contributed by atoms with Gasteiger partial charge in [-0.25, -0.2) is 5.43 Å². The Bertz CT molecular complexity index is 1270. The molecular weight excluding hydrogens is 505 g/mol. The van der Waals surface area contributed by atoms with Crippen LogP contribution in [0.25, 0.3) is 17.1 Å². The summed E-state index contributed by atoms with van der Waals surface area (Å²) in [5, 5.41) is 28.9. The first-order valence-corrected chi connectivity index (χ1v) is 12.0. The number of nitrogens with one attached hydrogen (secondary N) is 2. The predicted molar refractivity (Wildman–Crippen MR) is 132 cm³/mol. The maximum Gasteiger partial charge on any atom is 0.402 e. The number of hydrogen-bond acceptors (Lipinski definition) is 8. The van der Waals surface area contributed by atoms with Gasteiger partial charge >= 0.3 is 12.1 Å². The first kappa shape index (κ1) is 27.4. The second-order valence-corrected chi connectivity index (χ2v) is 9.24. The molecule has 2 aromatic carbocycles. The normalized spacial score (nSPS) is 14.7. The standard InChI is InChI=1S/C25H29F3N6O4/c1-15(2)18-11-19(21(36)12-20(18)35)22-30-31-23(24(37)32-29-14-25(26,27)28)34(22)17-5-3-16(4-6-17)13-33-7-9-38-10-8-33/h3-6,11-12,15,29,35-36H,7-10,13-14H2,1-2H3,(H,32,37). The number of nitrogens with zero attached hydrogens (tertiary/aromatic N) is 4. The number of alkyl halides is 3. The largest absolute Gasteiger partial charge is 0.508 e. The van der Waals surface area contributed by atoms with E-state index in [1.165, 1.54) is 10.6 Å². The highest BCUT2D eigenvalue weighted by atomic mass is 19.4. The quantitative estimate of drug-likeness (QED) is 0.325. The molecule has 0 aliphatic carbocycles. The Labute approximate surface area is 217 Å². The van der Waals surface area contributed by atoms with Crippen molar-refractivity contribution in [2.45, 2.75) is 32.5 Å². The summed E-state index contributed by atoms with van der Waals surface area (Å²) in [5.41, 5.74) is 6.03. The van der Waals surface area contributed by atoms with E-state index in [1.54, 1.807) is 18.2 Å². The third-order valence-corrected chi connectivity index (χ3v) is 6.07. The van der Waals surface area contributed by atoms with Crippen LogP contribution in [0, 0.1) is 0 Å². The molecule has 0 saturated carbocycles. The van der Waals surface area contributed by atoms with Crippen LogP contribution in [0.3, 0.4) is 0 Å². The van der Waals surface area contributed by atoms with Crippen LogP contribution >= 0.6 is 0 Å². The van der Waals surface area contributed by atoms with Gasteiger partial charge in [-0.05, 0) is 35.2 Å². The van der Waals surface area contributed by atoms with Crippen molar-refractivity contribution in [2.24, 2.45) is 0 Å². The summed E-state index contributed by atoms with van der Waals surface area (Å²) in [6.45, 7) is 5.93. The fourth-order valence-corrected chi connectivity index (χ4v) is 4.13. The first-order valence-electron chi connectivity index (χ1n) is 12.0. The minimum Gasteiger partial charge on any atom is -0.508 e. The van der Waals surface area contributed by atoms with Crippen LogP contribution in [-0.2, 0) is 11.3 Å². The topological polar surface area (TPSA) is 125 Å². The highest BCUT2D eigenvalue weighted by Gasteiger charge is 2.28. The molecule has 0 atom stereocenters. The van der Waals surface area contributed by atoms with Crippen LogP contribution in [0.1, 0.15) is 41.5 Å². The molecule has 13 heteroatoms. The minimum absolute atomic E-state index is 0.0753. The van der Waals surface area contributed by atoms with Crippen molar-refractivity contribution in [2.75, 3.05) is 32.8 Å². The summed E-state index contributed by atoms with van der Waals surface area (Å²) in [6, 6.07) is 9.95. The average molecular weight is 535 g/mol. The van der Waals surface area contributed by atoms with E-state index in [0.29, 0.717) is 31.0 Å². The SMILES string of the molecule is CC(C)c1cc(-c2nnc(C(=O)NNCC(F)(F)F)n2-c2ccc(CN3CCOCC3)cc2)c(O)cc1O. The summed E-state index contributed by atoms with van der Waals surface area (Å²) < 4.78 is 44.4. The van der Waals surface area contributed by atoms with Crippen molar-refractivity contribution in [1.82, 2.24) is 30.5 Å². The fraction of sp³-hybridized carbons (Fsp3) is 0.400. The predicted octanol–water partition coefficient (Wildman–Crippen LogP) is 3.10. The molecule has 1 saturated heterocycles. The summed E-state index contributed by atoms with van der Waals surface area (Å²) in [7, 11) is 0. The number of hydrazine groups is 1. The van der Waals surface area contributed by atoms with Gasteiger partial charge in [0, 0.05) is 31.4 Å². The van der Waals surface area contributed by atoms with Crippen LogP contribution in [0.15, 0.2) is 36.4 Å². The Morgan fingerprint density at radius 3 is 2.39 bits per heavy atom. The molecule has 4 rings (SSSR count). The second-order valence-electron chi connectivity index (χ2n) is 9.24. The molecule has 1 aromatic heterocycles. The minimum atomic E-state index is -4.53. The zero-order valence-corrected chi connectivity index (χ0v) is 20.9. The van der Waals surface area contributed by atoms with E-state index in [0.717, 1.165) is 18.7 Å². The molecule has 3 aromatic rings. The molecule has 38 heavy (non-hydrogen) atoms. The number of amides is 1. The lowest BCUT2D eigenvalue weighted by Gasteiger charge is -2.26. The van der Waals surface area contributed by atoms with E-state index < -0.39 is 18.6 Å². The number of aromatic nitrogens is 3. The number of phenols is 2. The fourth-order valence-electron chi connectivity index (χ4n) is 4.13. The van der Waals surface area contributed by atoms with E-state index in [4.69, 9.17) is 4.74 Å². The van der Waals surface area contributed by atoms with E-state index in [-0.39, 0.29) is 34.6 Å². The van der Waals surface area contributed by atoms with Crippen LogP contribution in [0.4, 0.5) is 13.2 Å². The van der Waals surface area contributed by atoms with Crippen molar-refractivity contribution < 1.29 is 32.9 Å². The Balaban J connectivity index is 1.72. The molecule has 0 bridgehead atoms. The molecule has 2 heterocycles. The van der Waals surface area contributed by atoms with Gasteiger partial charge in [0.2, 0.25) is 5.82 Å². The number of morpholine rings is 1. The molecule has 1 aliphatic rings. The van der Waals surface area contributed by atoms with Crippen LogP contribution in [-0.4, -0.2) is 74.8 Å². The maximum atomic E-state index is 12.8. The van der Waals surface area contributed by atoms with E-state index in [1.807, 2.05) is 36.8 Å². The van der Waals surface area contributed by atoms with Crippen LogP contribution < -0.4 is 10.9 Å². The van der Waals surface area contributed by atoms with Crippen molar-refractivity contribution >= 4 is 5.91 Å². The van der Waals surface area contributed by atoms with Crippen molar-refractivity contribution in [1.29, 1.82) is 0 Å². The lowest BCUT2D eigenvalue weighted by molar-refractivity contribution is -0.126. The number of carbonyl (C=O) groups excluding carboxylic acids is 1. The third kappa shape index (κ3) is 6.41. The smallest absolute Gasteiger partial charge is 0.402 e. The highest BCUT2D eigenvalue weighted by molar-refractivity contribution is 5.92. The number of halogens is 3. The Hall–Kier alpha value is -3.68. The monoisotopic (exact) mass is 534 g/mol. The Kier molecular flexibility index (Phi) is 8.19. The highest BCUT2D eigenvalue weighted by Crippen LogP contribution is 2.38. The first-order chi connectivity index (χ1) is 18.0. The van der Waals surface area contributed by atoms with E-state index in [9.17, 15) is 28.2 Å². The zero-order valence-electron chi connectivity index (χ0n) is 20.9. The summed E-state index contributed by atoms with van der Waals surface area (Å²) in [6.07, 6.45) is -4.53. The van der Waals surface area contributed by atoms with Gasteiger partial charge in [-0.2, -0.15) is 13.2 Å². The number of phenolic OH excluding ortho intramolecular Hbond substituents is 2. The van der Waals surface area contributed by atoms with Crippen LogP contribution in [0.5, 0.6) is 11.5 Å². The maximum absolute atomic E-state index is 12.8. The van der Waals surface area contributed by atoms with Gasteiger partial charge in [0.15, 0.2) is 5.82 Å². The molecule has 0 radical (unpaired) electrons. The van der Waals surface area contributed by atoms with E-state index >= 15 is 0 Å². The molecule has 1 fully saturated rings. The lowest BCUT2D eigenvalue weighted by Crippen LogP contribution is -2.43. The zero-order chi connectivity index (χ0) is 27.4. The second kappa shape index (κ2) is 11.4. The molecule has 0 unspecified atom stereocenters. The number of aromatic hydroxyl groups is 2. The Morgan fingerprint density at radius 2 is 1.76 bits per heavy atom. The molecule has 0 spiro atoms. The Morgan fingerprint density at radius 1 is 1.08 bits per heavy atom.